The van der Waals surface area contributed by atoms with E-state index in [2.05, 4.69) is 20.2 Å². The van der Waals surface area contributed by atoms with E-state index in [1.54, 1.807) is 18.3 Å². The zero-order valence-electron chi connectivity index (χ0n) is 21.4. The highest BCUT2D eigenvalue weighted by Gasteiger charge is 2.38. The van der Waals surface area contributed by atoms with Crippen LogP contribution in [0.4, 0.5) is 37.8 Å². The van der Waals surface area contributed by atoms with E-state index in [0.29, 0.717) is 11.1 Å². The number of nitrogens with one attached hydrogen (secondary N) is 1. The number of carbonyl (C=O) groups is 2. The number of aromatic nitrogens is 3. The number of alkyl halides is 6. The summed E-state index contributed by atoms with van der Waals surface area (Å²) in [5.41, 5.74) is 1.73. The van der Waals surface area contributed by atoms with Crippen molar-refractivity contribution >= 4 is 34.4 Å². The van der Waals surface area contributed by atoms with Gasteiger partial charge in [0.25, 0.3) is 5.91 Å². The van der Waals surface area contributed by atoms with Crippen LogP contribution in [0.25, 0.3) is 11.0 Å². The van der Waals surface area contributed by atoms with Crippen molar-refractivity contribution in [2.75, 3.05) is 23.3 Å². The molecule has 1 aliphatic heterocycles. The fourth-order valence-electron chi connectivity index (χ4n) is 3.90. The third kappa shape index (κ3) is 7.13. The summed E-state index contributed by atoms with van der Waals surface area (Å²) < 4.78 is 73.2. The minimum Gasteiger partial charge on any atom is -0.475 e. The van der Waals surface area contributed by atoms with Crippen LogP contribution in [0.3, 0.4) is 0 Å². The lowest BCUT2D eigenvalue weighted by molar-refractivity contribution is -0.192. The minimum absolute atomic E-state index is 0.104. The number of rotatable bonds is 5. The number of carboxylic acid groups (broad SMARTS) is 1. The first kappa shape index (κ1) is 29.4. The lowest BCUT2D eigenvalue weighted by Gasteiger charge is -2.31. The van der Waals surface area contributed by atoms with Crippen LogP contribution < -0.4 is 10.2 Å². The van der Waals surface area contributed by atoms with E-state index < -0.39 is 29.9 Å². The van der Waals surface area contributed by atoms with Crippen LogP contribution in [0.2, 0.25) is 0 Å². The lowest BCUT2D eigenvalue weighted by atomic mass is 10.1. The maximum Gasteiger partial charge on any atom is 0.490 e. The van der Waals surface area contributed by atoms with Crippen LogP contribution in [-0.4, -0.2) is 50.8 Å². The molecule has 5 rings (SSSR count). The predicted molar refractivity (Wildman–Crippen MR) is 138 cm³/mol. The Labute approximate surface area is 229 Å². The quantitative estimate of drug-likeness (QED) is 0.286. The Morgan fingerprint density at radius 2 is 1.63 bits per heavy atom. The van der Waals surface area contributed by atoms with Crippen molar-refractivity contribution in [2.45, 2.75) is 32.2 Å². The molecule has 1 amide bonds. The van der Waals surface area contributed by atoms with Crippen molar-refractivity contribution in [1.82, 2.24) is 14.5 Å². The normalized spacial score (nSPS) is 13.3. The van der Waals surface area contributed by atoms with Crippen molar-refractivity contribution in [3.63, 3.8) is 0 Å². The smallest absolute Gasteiger partial charge is 0.475 e. The number of aliphatic carboxylic acids is 1. The topological polar surface area (TPSA) is 100 Å². The van der Waals surface area contributed by atoms with Crippen LogP contribution in [0.15, 0.2) is 60.8 Å². The number of pyridine rings is 2. The van der Waals surface area contributed by atoms with Gasteiger partial charge in [0.2, 0.25) is 0 Å². The Hall–Kier alpha value is -4.62. The molecule has 0 spiro atoms. The highest BCUT2D eigenvalue weighted by molar-refractivity contribution is 6.06. The molecule has 216 valence electrons. The molecule has 4 heterocycles. The monoisotopic (exact) mass is 579 g/mol. The molecule has 3 aromatic heterocycles. The van der Waals surface area contributed by atoms with E-state index in [0.717, 1.165) is 42.5 Å². The maximum atomic E-state index is 13.3. The lowest BCUT2D eigenvalue weighted by Crippen LogP contribution is -2.37. The second-order valence-electron chi connectivity index (χ2n) is 9.21. The predicted octanol–water partition coefficient (Wildman–Crippen LogP) is 5.90. The Morgan fingerprint density at radius 3 is 2.15 bits per heavy atom. The van der Waals surface area contributed by atoms with E-state index >= 15 is 0 Å². The highest BCUT2D eigenvalue weighted by atomic mass is 19.4. The largest absolute Gasteiger partial charge is 0.490 e. The number of anilines is 2. The summed E-state index contributed by atoms with van der Waals surface area (Å²) in [5.74, 6) is -2.36. The molecule has 4 aromatic rings. The number of carbonyl (C=O) groups excluding carboxylic acids is 1. The average Bonchev–Trinajstić information content (AvgIpc) is 3.22. The summed E-state index contributed by atoms with van der Waals surface area (Å²) in [5, 5.41) is 10.4. The van der Waals surface area contributed by atoms with E-state index in [1.165, 1.54) is 10.6 Å². The Kier molecular flexibility index (Phi) is 8.22. The molecule has 14 heteroatoms. The number of amides is 1. The molecular weight excluding hydrogens is 556 g/mol. The van der Waals surface area contributed by atoms with Crippen LogP contribution in [0.1, 0.15) is 33.7 Å². The number of halogens is 6. The van der Waals surface area contributed by atoms with Gasteiger partial charge in [-0.25, -0.2) is 14.8 Å². The molecular formula is C27H23F6N5O3. The first-order valence-electron chi connectivity index (χ1n) is 12.2. The maximum absolute atomic E-state index is 13.3. The number of carboxylic acids is 1. The molecule has 0 bridgehead atoms. The highest BCUT2D eigenvalue weighted by Crippen LogP contribution is 2.30. The molecule has 1 aliphatic rings. The van der Waals surface area contributed by atoms with Gasteiger partial charge in [-0.2, -0.15) is 26.3 Å². The molecule has 1 aromatic carbocycles. The van der Waals surface area contributed by atoms with Gasteiger partial charge in [-0.1, -0.05) is 29.8 Å². The summed E-state index contributed by atoms with van der Waals surface area (Å²) in [6, 6.07) is 15.0. The molecule has 0 unspecified atom stereocenters. The van der Waals surface area contributed by atoms with Crippen molar-refractivity contribution in [1.29, 1.82) is 0 Å². The first-order valence-corrected chi connectivity index (χ1v) is 12.2. The number of nitrogens with zero attached hydrogens (tertiary/aromatic N) is 4. The second kappa shape index (κ2) is 11.5. The standard InChI is InChI=1S/C25H22F3N5O.C2HF3O2/c1-16-3-5-17(6-4-16)15-33-20(13-18-7-9-21(25(26,27)28)31-23(18)33)24(34)30-19-8-10-22(29-14-19)32-11-2-12-32;3-2(4,5)1(6)7/h3-10,13-14H,2,11-12,15H2,1H3,(H,30,34);(H,6,7). The molecule has 0 atom stereocenters. The number of hydrogen-bond acceptors (Lipinski definition) is 5. The summed E-state index contributed by atoms with van der Waals surface area (Å²) in [7, 11) is 0. The SMILES string of the molecule is Cc1ccc(Cn2c(C(=O)Nc3ccc(N4CCC4)nc3)cc3ccc(C(F)(F)F)nc32)cc1.O=C(O)C(F)(F)F. The van der Waals surface area contributed by atoms with Crippen LogP contribution in [0, 0.1) is 6.92 Å². The van der Waals surface area contributed by atoms with Gasteiger partial charge in [0.05, 0.1) is 11.9 Å². The van der Waals surface area contributed by atoms with Crippen LogP contribution in [0.5, 0.6) is 0 Å². The molecule has 1 fully saturated rings. The Morgan fingerprint density at radius 1 is 0.976 bits per heavy atom. The number of benzene rings is 1. The second-order valence-corrected chi connectivity index (χ2v) is 9.21. The van der Waals surface area contributed by atoms with Gasteiger partial charge in [-0.3, -0.25) is 4.79 Å². The van der Waals surface area contributed by atoms with Gasteiger partial charge in [0, 0.05) is 25.0 Å². The molecule has 2 N–H and O–H groups in total. The summed E-state index contributed by atoms with van der Waals surface area (Å²) in [6.45, 7) is 4.08. The molecule has 1 saturated heterocycles. The van der Waals surface area contributed by atoms with Crippen molar-refractivity contribution < 1.29 is 41.0 Å². The average molecular weight is 580 g/mol. The van der Waals surface area contributed by atoms with Gasteiger partial charge in [0.1, 0.15) is 22.9 Å². The van der Waals surface area contributed by atoms with Crippen molar-refractivity contribution in [2.24, 2.45) is 0 Å². The third-order valence-corrected chi connectivity index (χ3v) is 6.16. The van der Waals surface area contributed by atoms with Gasteiger partial charge in [-0.15, -0.1) is 0 Å². The van der Waals surface area contributed by atoms with Gasteiger partial charge in [-0.05, 0) is 49.2 Å². The van der Waals surface area contributed by atoms with E-state index in [1.807, 2.05) is 37.3 Å². The van der Waals surface area contributed by atoms with Gasteiger partial charge in [0.15, 0.2) is 0 Å². The summed E-state index contributed by atoms with van der Waals surface area (Å²) in [6.07, 6.45) is -6.95. The van der Waals surface area contributed by atoms with Crippen molar-refractivity contribution in [3.8, 4) is 0 Å². The third-order valence-electron chi connectivity index (χ3n) is 6.16. The van der Waals surface area contributed by atoms with E-state index in [9.17, 15) is 31.1 Å². The Bertz CT molecular complexity index is 1540. The van der Waals surface area contributed by atoms with E-state index in [-0.39, 0.29) is 17.9 Å². The molecule has 0 radical (unpaired) electrons. The molecule has 8 nitrogen and oxygen atoms in total. The molecule has 41 heavy (non-hydrogen) atoms. The first-order chi connectivity index (χ1) is 19.2. The number of aryl methyl sites for hydroxylation is 1. The zero-order chi connectivity index (χ0) is 29.9. The van der Waals surface area contributed by atoms with Gasteiger partial charge < -0.3 is 19.9 Å². The number of fused-ring (bicyclic) bond motifs is 1. The fourth-order valence-corrected chi connectivity index (χ4v) is 3.90. The number of hydrogen-bond donors (Lipinski definition) is 2. The molecule has 0 saturated carbocycles. The Balaban J connectivity index is 0.000000493. The molecule has 0 aliphatic carbocycles. The summed E-state index contributed by atoms with van der Waals surface area (Å²) in [4.78, 5) is 32.5. The minimum atomic E-state index is -5.08. The van der Waals surface area contributed by atoms with Crippen LogP contribution in [-0.2, 0) is 17.5 Å². The van der Waals surface area contributed by atoms with E-state index in [4.69, 9.17) is 9.90 Å². The van der Waals surface area contributed by atoms with Crippen LogP contribution >= 0.6 is 0 Å². The fraction of sp³-hybridized carbons (Fsp3) is 0.259. The zero-order valence-corrected chi connectivity index (χ0v) is 21.4. The van der Waals surface area contributed by atoms with Gasteiger partial charge >= 0.3 is 18.3 Å². The summed E-state index contributed by atoms with van der Waals surface area (Å²) >= 11 is 0. The van der Waals surface area contributed by atoms with Crippen molar-refractivity contribution in [3.05, 3.63) is 83.3 Å².